The van der Waals surface area contributed by atoms with Crippen molar-refractivity contribution < 1.29 is 17.9 Å². The lowest BCUT2D eigenvalue weighted by molar-refractivity contribution is 0.102. The molecular formula is C26H29N3O5S. The third-order valence-electron chi connectivity index (χ3n) is 5.92. The quantitative estimate of drug-likeness (QED) is 0.511. The first kappa shape index (κ1) is 24.7. The summed E-state index contributed by atoms with van der Waals surface area (Å²) in [4.78, 5) is 28.3. The van der Waals surface area contributed by atoms with Gasteiger partial charge in [0.2, 0.25) is 10.0 Å². The second kappa shape index (κ2) is 10.5. The number of ether oxygens (including phenoxy) is 1. The van der Waals surface area contributed by atoms with Crippen molar-refractivity contribution in [2.45, 2.75) is 38.0 Å². The van der Waals surface area contributed by atoms with Crippen LogP contribution in [0.4, 0.5) is 5.69 Å². The number of aryl methyl sites for hydroxylation is 1. The van der Waals surface area contributed by atoms with Crippen molar-refractivity contribution in [3.05, 3.63) is 76.1 Å². The normalized spacial score (nSPS) is 14.5. The summed E-state index contributed by atoms with van der Waals surface area (Å²) in [6, 6.07) is 15.3. The minimum absolute atomic E-state index is 0.00255. The number of aromatic nitrogens is 1. The first-order valence-corrected chi connectivity index (χ1v) is 13.1. The van der Waals surface area contributed by atoms with Crippen molar-refractivity contribution in [3.8, 4) is 17.0 Å². The molecule has 2 aromatic carbocycles. The lowest BCUT2D eigenvalue weighted by Gasteiger charge is -2.27. The number of sulfonamides is 1. The van der Waals surface area contributed by atoms with Crippen LogP contribution in [0.25, 0.3) is 11.3 Å². The van der Waals surface area contributed by atoms with Gasteiger partial charge in [-0.15, -0.1) is 0 Å². The van der Waals surface area contributed by atoms with E-state index < -0.39 is 21.5 Å². The van der Waals surface area contributed by atoms with Crippen molar-refractivity contribution in [1.82, 2.24) is 9.29 Å². The Morgan fingerprint density at radius 1 is 1.06 bits per heavy atom. The van der Waals surface area contributed by atoms with E-state index in [1.165, 1.54) is 22.5 Å². The zero-order valence-corrected chi connectivity index (χ0v) is 20.7. The van der Waals surface area contributed by atoms with Crippen LogP contribution >= 0.6 is 0 Å². The number of pyridine rings is 1. The summed E-state index contributed by atoms with van der Waals surface area (Å²) in [5.74, 6) is -0.399. The Hall–Kier alpha value is -3.43. The van der Waals surface area contributed by atoms with Gasteiger partial charge in [-0.05, 0) is 68.7 Å². The Bertz CT molecular complexity index is 1390. The molecule has 0 unspecified atom stereocenters. The molecule has 1 amide bonds. The number of nitrogens with one attached hydrogen (secondary N) is 2. The lowest BCUT2D eigenvalue weighted by atomic mass is 10.1. The second-order valence-corrected chi connectivity index (χ2v) is 10.4. The standard InChI is InChI=1S/C26H29N3O5S/c1-3-34-23-13-10-20(17-24(23)35(32,33)29-14-5-4-6-15-29)27-25(30)21-11-12-22(28-26(21)31)19-9-7-8-18(2)16-19/h7-13,16-17H,3-6,14-15H2,1-2H3,(H,27,30)(H,28,31). The van der Waals surface area contributed by atoms with E-state index in [4.69, 9.17) is 4.74 Å². The Balaban J connectivity index is 1.61. The van der Waals surface area contributed by atoms with E-state index in [0.29, 0.717) is 25.4 Å². The summed E-state index contributed by atoms with van der Waals surface area (Å²) in [6.45, 7) is 4.94. The highest BCUT2D eigenvalue weighted by molar-refractivity contribution is 7.89. The number of H-pyrrole nitrogens is 1. The van der Waals surface area contributed by atoms with Gasteiger partial charge >= 0.3 is 0 Å². The fourth-order valence-electron chi connectivity index (χ4n) is 4.14. The summed E-state index contributed by atoms with van der Waals surface area (Å²) >= 11 is 0. The Morgan fingerprint density at radius 3 is 2.51 bits per heavy atom. The SMILES string of the molecule is CCOc1ccc(NC(=O)c2ccc(-c3cccc(C)c3)[nH]c2=O)cc1S(=O)(=O)N1CCCCC1. The van der Waals surface area contributed by atoms with Gasteiger partial charge in [0.25, 0.3) is 11.5 Å². The molecule has 0 radical (unpaired) electrons. The number of aromatic amines is 1. The van der Waals surface area contributed by atoms with Crippen molar-refractivity contribution in [1.29, 1.82) is 0 Å². The third kappa shape index (κ3) is 5.47. The van der Waals surface area contributed by atoms with Crippen LogP contribution in [0.3, 0.4) is 0 Å². The molecule has 1 aliphatic rings. The maximum Gasteiger partial charge on any atom is 0.261 e. The van der Waals surface area contributed by atoms with Gasteiger partial charge in [0.1, 0.15) is 16.2 Å². The van der Waals surface area contributed by atoms with E-state index in [1.54, 1.807) is 19.1 Å². The van der Waals surface area contributed by atoms with Crippen LogP contribution in [-0.4, -0.2) is 43.3 Å². The van der Waals surface area contributed by atoms with Gasteiger partial charge in [-0.3, -0.25) is 9.59 Å². The number of carbonyl (C=O) groups is 1. The van der Waals surface area contributed by atoms with Crippen molar-refractivity contribution in [2.75, 3.05) is 25.0 Å². The molecule has 0 atom stereocenters. The summed E-state index contributed by atoms with van der Waals surface area (Å²) in [7, 11) is -3.80. The Morgan fingerprint density at radius 2 is 1.83 bits per heavy atom. The molecule has 3 aromatic rings. The van der Waals surface area contributed by atoms with Gasteiger partial charge in [-0.2, -0.15) is 4.31 Å². The maximum absolute atomic E-state index is 13.3. The van der Waals surface area contributed by atoms with E-state index in [9.17, 15) is 18.0 Å². The van der Waals surface area contributed by atoms with E-state index in [1.807, 2.05) is 31.2 Å². The van der Waals surface area contributed by atoms with Crippen molar-refractivity contribution >= 4 is 21.6 Å². The molecule has 0 spiro atoms. The predicted molar refractivity (Wildman–Crippen MR) is 135 cm³/mol. The number of anilines is 1. The van der Waals surface area contributed by atoms with Crippen molar-refractivity contribution in [2.24, 2.45) is 0 Å². The average molecular weight is 496 g/mol. The maximum atomic E-state index is 13.3. The molecule has 2 heterocycles. The molecule has 0 aliphatic carbocycles. The number of carbonyl (C=O) groups excluding carboxylic acids is 1. The minimum atomic E-state index is -3.80. The molecule has 1 aliphatic heterocycles. The number of amides is 1. The fraction of sp³-hybridized carbons (Fsp3) is 0.308. The van der Waals surface area contributed by atoms with E-state index in [0.717, 1.165) is 30.4 Å². The Labute approximate surface area is 205 Å². The van der Waals surface area contributed by atoms with Crippen LogP contribution in [0.1, 0.15) is 42.1 Å². The minimum Gasteiger partial charge on any atom is -0.492 e. The van der Waals surface area contributed by atoms with Gasteiger partial charge in [0, 0.05) is 24.5 Å². The van der Waals surface area contributed by atoms with Gasteiger partial charge in [0.15, 0.2) is 0 Å². The molecule has 8 nitrogen and oxygen atoms in total. The molecular weight excluding hydrogens is 466 g/mol. The van der Waals surface area contributed by atoms with Gasteiger partial charge in [0.05, 0.1) is 6.61 Å². The third-order valence-corrected chi connectivity index (χ3v) is 7.84. The zero-order chi connectivity index (χ0) is 25.0. The average Bonchev–Trinajstić information content (AvgIpc) is 2.85. The highest BCUT2D eigenvalue weighted by atomic mass is 32.2. The van der Waals surface area contributed by atoms with Gasteiger partial charge in [-0.25, -0.2) is 8.42 Å². The number of benzene rings is 2. The molecule has 9 heteroatoms. The van der Waals surface area contributed by atoms with Crippen LogP contribution in [0.15, 0.2) is 64.3 Å². The largest absolute Gasteiger partial charge is 0.492 e. The summed E-state index contributed by atoms with van der Waals surface area (Å²) in [5, 5.41) is 2.65. The van der Waals surface area contributed by atoms with E-state index in [-0.39, 0.29) is 21.9 Å². The van der Waals surface area contributed by atoms with Crippen molar-refractivity contribution in [3.63, 3.8) is 0 Å². The van der Waals surface area contributed by atoms with Crippen LogP contribution in [-0.2, 0) is 10.0 Å². The van der Waals surface area contributed by atoms with Gasteiger partial charge < -0.3 is 15.0 Å². The Kier molecular flexibility index (Phi) is 7.37. The number of hydrogen-bond donors (Lipinski definition) is 2. The van der Waals surface area contributed by atoms with E-state index >= 15 is 0 Å². The first-order chi connectivity index (χ1) is 16.8. The molecule has 4 rings (SSSR count). The van der Waals surface area contributed by atoms with Gasteiger partial charge in [-0.1, -0.05) is 30.2 Å². The number of rotatable bonds is 7. The van der Waals surface area contributed by atoms with Crippen LogP contribution in [0, 0.1) is 6.92 Å². The molecule has 35 heavy (non-hydrogen) atoms. The second-order valence-electron chi connectivity index (χ2n) is 8.50. The number of hydrogen-bond acceptors (Lipinski definition) is 5. The summed E-state index contributed by atoms with van der Waals surface area (Å²) < 4.78 is 33.7. The van der Waals surface area contributed by atoms with Crippen LogP contribution < -0.4 is 15.6 Å². The number of nitrogens with zero attached hydrogens (tertiary/aromatic N) is 1. The predicted octanol–water partition coefficient (Wildman–Crippen LogP) is 4.18. The lowest BCUT2D eigenvalue weighted by Crippen LogP contribution is -2.35. The smallest absolute Gasteiger partial charge is 0.261 e. The van der Waals surface area contributed by atoms with Crippen LogP contribution in [0.2, 0.25) is 0 Å². The molecule has 1 saturated heterocycles. The zero-order valence-electron chi connectivity index (χ0n) is 19.8. The fourth-order valence-corrected chi connectivity index (χ4v) is 5.81. The molecule has 2 N–H and O–H groups in total. The highest BCUT2D eigenvalue weighted by Crippen LogP contribution is 2.31. The molecule has 184 valence electrons. The molecule has 1 aromatic heterocycles. The monoisotopic (exact) mass is 495 g/mol. The molecule has 0 saturated carbocycles. The van der Waals surface area contributed by atoms with E-state index in [2.05, 4.69) is 10.3 Å². The summed E-state index contributed by atoms with van der Waals surface area (Å²) in [6.07, 6.45) is 2.61. The highest BCUT2D eigenvalue weighted by Gasteiger charge is 2.29. The topological polar surface area (TPSA) is 109 Å². The number of piperidine rings is 1. The summed E-state index contributed by atoms with van der Waals surface area (Å²) in [5.41, 5.74) is 2.15. The molecule has 1 fully saturated rings. The first-order valence-electron chi connectivity index (χ1n) is 11.7. The van der Waals surface area contributed by atoms with Crippen LogP contribution in [0.5, 0.6) is 5.75 Å². The molecule has 0 bridgehead atoms.